The smallest absolute Gasteiger partial charge is 0.268 e. The summed E-state index contributed by atoms with van der Waals surface area (Å²) in [5, 5.41) is 13.6. The summed E-state index contributed by atoms with van der Waals surface area (Å²) < 4.78 is 22.9. The zero-order valence-corrected chi connectivity index (χ0v) is 31.9. The van der Waals surface area contributed by atoms with Crippen molar-refractivity contribution in [2.24, 2.45) is 0 Å². The summed E-state index contributed by atoms with van der Waals surface area (Å²) in [6, 6.07) is -0.802. The zero-order valence-electron chi connectivity index (χ0n) is 31.0. The molecule has 0 aromatic heterocycles. The van der Waals surface area contributed by atoms with E-state index in [1.54, 1.807) is 0 Å². The third kappa shape index (κ3) is 33.0. The van der Waals surface area contributed by atoms with Gasteiger partial charge in [0.2, 0.25) is 5.91 Å². The molecule has 0 aliphatic carbocycles. The molecule has 0 aromatic rings. The van der Waals surface area contributed by atoms with Gasteiger partial charge in [-0.3, -0.25) is 9.36 Å². The molecule has 9 heteroatoms. The van der Waals surface area contributed by atoms with Gasteiger partial charge in [0.1, 0.15) is 13.2 Å². The van der Waals surface area contributed by atoms with Gasteiger partial charge in [0.15, 0.2) is 0 Å². The average molecular weight is 685 g/mol. The highest BCUT2D eigenvalue weighted by molar-refractivity contribution is 7.45. The van der Waals surface area contributed by atoms with E-state index in [-0.39, 0.29) is 19.1 Å². The van der Waals surface area contributed by atoms with Gasteiger partial charge in [0, 0.05) is 6.42 Å². The fourth-order valence-corrected chi connectivity index (χ4v) is 5.77. The minimum absolute atomic E-state index is 0.00677. The molecule has 0 aliphatic rings. The standard InChI is InChI=1S/C38H73N2O6P/c1-6-8-10-12-13-14-15-16-17-18-19-20-21-22-23-24-25-26-27-28-30-32-38(42)39-36(37(41)31-29-11-9-7-2)35-46-47(43,44)45-34-33-40(3,4)5/h15-16,18-19,21-22,36-37,41H,6-14,17,20,23-35H2,1-5H3,(H-,39,42,43,44)/b16-15-,19-18-,22-21-. The highest BCUT2D eigenvalue weighted by Crippen LogP contribution is 2.38. The number of aliphatic hydroxyl groups is 1. The lowest BCUT2D eigenvalue weighted by Crippen LogP contribution is -2.46. The number of phosphoric ester groups is 1. The monoisotopic (exact) mass is 685 g/mol. The van der Waals surface area contributed by atoms with Crippen LogP contribution in [-0.2, 0) is 18.4 Å². The molecule has 0 rings (SSSR count). The topological polar surface area (TPSA) is 108 Å². The van der Waals surface area contributed by atoms with Gasteiger partial charge in [0.05, 0.1) is 39.9 Å². The van der Waals surface area contributed by atoms with E-state index >= 15 is 0 Å². The highest BCUT2D eigenvalue weighted by atomic mass is 31.2. The van der Waals surface area contributed by atoms with Crippen molar-refractivity contribution < 1.29 is 32.9 Å². The molecular formula is C38H73N2O6P. The minimum Gasteiger partial charge on any atom is -0.756 e. The SMILES string of the molecule is CCCCCCC/C=C\C/C=C\C/C=C\CCCCCCCCC(=O)NC(COP(=O)([O-])OCC[N+](C)(C)C)C(O)CCCCCC. The van der Waals surface area contributed by atoms with Crippen LogP contribution in [0.2, 0.25) is 0 Å². The van der Waals surface area contributed by atoms with Crippen LogP contribution in [0.3, 0.4) is 0 Å². The molecule has 2 N–H and O–H groups in total. The lowest BCUT2D eigenvalue weighted by atomic mass is 10.0. The molecule has 0 aliphatic heterocycles. The Bertz CT molecular complexity index is 871. The van der Waals surface area contributed by atoms with Crippen LogP contribution in [0.15, 0.2) is 36.5 Å². The largest absolute Gasteiger partial charge is 0.756 e. The number of likely N-dealkylation sites (N-methyl/N-ethyl adjacent to an activating group) is 1. The van der Waals surface area contributed by atoms with E-state index in [0.29, 0.717) is 23.9 Å². The number of quaternary nitrogens is 1. The first kappa shape index (κ1) is 45.7. The number of amides is 1. The summed E-state index contributed by atoms with van der Waals surface area (Å²) >= 11 is 0. The van der Waals surface area contributed by atoms with Crippen molar-refractivity contribution in [3.63, 3.8) is 0 Å². The Hall–Kier alpha value is -1.28. The van der Waals surface area contributed by atoms with Crippen molar-refractivity contribution in [3.05, 3.63) is 36.5 Å². The number of aliphatic hydroxyl groups excluding tert-OH is 1. The Morgan fingerprint density at radius 2 is 1.23 bits per heavy atom. The third-order valence-electron chi connectivity index (χ3n) is 8.13. The molecule has 47 heavy (non-hydrogen) atoms. The Morgan fingerprint density at radius 1 is 0.745 bits per heavy atom. The first-order valence-corrected chi connectivity index (χ1v) is 20.3. The van der Waals surface area contributed by atoms with Gasteiger partial charge in [-0.05, 0) is 51.4 Å². The maximum atomic E-state index is 12.7. The van der Waals surface area contributed by atoms with Crippen LogP contribution in [0.4, 0.5) is 0 Å². The Balaban J connectivity index is 4.16. The number of hydrogen-bond donors (Lipinski definition) is 2. The van der Waals surface area contributed by atoms with Crippen LogP contribution >= 0.6 is 7.82 Å². The summed E-state index contributed by atoms with van der Waals surface area (Å²) in [6.07, 6.45) is 34.9. The average Bonchev–Trinajstić information content (AvgIpc) is 3.01. The first-order chi connectivity index (χ1) is 22.5. The number of rotatable bonds is 33. The number of nitrogens with zero attached hydrogens (tertiary/aromatic N) is 1. The number of nitrogens with one attached hydrogen (secondary N) is 1. The number of carbonyl (C=O) groups is 1. The molecule has 0 saturated carbocycles. The van der Waals surface area contributed by atoms with Crippen molar-refractivity contribution in [2.75, 3.05) is 40.9 Å². The zero-order chi connectivity index (χ0) is 35.1. The molecule has 276 valence electrons. The lowest BCUT2D eigenvalue weighted by Gasteiger charge is -2.30. The van der Waals surface area contributed by atoms with Crippen LogP contribution < -0.4 is 10.2 Å². The molecule has 0 spiro atoms. The second-order valence-corrected chi connectivity index (χ2v) is 15.3. The van der Waals surface area contributed by atoms with E-state index in [0.717, 1.165) is 70.6 Å². The van der Waals surface area contributed by atoms with Crippen molar-refractivity contribution in [3.8, 4) is 0 Å². The summed E-state index contributed by atoms with van der Waals surface area (Å²) in [5.41, 5.74) is 0. The van der Waals surface area contributed by atoms with E-state index in [1.165, 1.54) is 51.4 Å². The normalized spacial score (nSPS) is 15.1. The Labute approximate surface area is 289 Å². The lowest BCUT2D eigenvalue weighted by molar-refractivity contribution is -0.870. The molecule has 0 radical (unpaired) electrons. The number of unbranched alkanes of at least 4 members (excludes halogenated alkanes) is 14. The van der Waals surface area contributed by atoms with Crippen LogP contribution in [0.25, 0.3) is 0 Å². The molecule has 8 nitrogen and oxygen atoms in total. The molecule has 0 fully saturated rings. The Kier molecular flexibility index (Phi) is 29.9. The van der Waals surface area contributed by atoms with Crippen LogP contribution in [-0.4, -0.2) is 68.5 Å². The maximum absolute atomic E-state index is 12.7. The Morgan fingerprint density at radius 3 is 1.79 bits per heavy atom. The fourth-order valence-electron chi connectivity index (χ4n) is 5.04. The molecule has 3 atom stereocenters. The van der Waals surface area contributed by atoms with Gasteiger partial charge >= 0.3 is 0 Å². The van der Waals surface area contributed by atoms with Crippen LogP contribution in [0.1, 0.15) is 149 Å². The van der Waals surface area contributed by atoms with Gasteiger partial charge in [-0.15, -0.1) is 0 Å². The van der Waals surface area contributed by atoms with E-state index in [9.17, 15) is 19.4 Å². The van der Waals surface area contributed by atoms with Gasteiger partial charge < -0.3 is 28.8 Å². The van der Waals surface area contributed by atoms with E-state index < -0.39 is 20.0 Å². The van der Waals surface area contributed by atoms with Crippen molar-refractivity contribution in [1.29, 1.82) is 0 Å². The number of hydrogen-bond acceptors (Lipinski definition) is 6. The summed E-state index contributed by atoms with van der Waals surface area (Å²) in [7, 11) is 1.28. The van der Waals surface area contributed by atoms with Gasteiger partial charge in [0.25, 0.3) is 7.82 Å². The minimum atomic E-state index is -4.54. The molecule has 0 bridgehead atoms. The molecule has 0 heterocycles. The molecule has 1 amide bonds. The quantitative estimate of drug-likeness (QED) is 0.0309. The van der Waals surface area contributed by atoms with Crippen molar-refractivity contribution >= 4 is 13.7 Å². The van der Waals surface area contributed by atoms with E-state index in [2.05, 4.69) is 55.6 Å². The van der Waals surface area contributed by atoms with Crippen LogP contribution in [0.5, 0.6) is 0 Å². The molecule has 0 aromatic carbocycles. The van der Waals surface area contributed by atoms with Crippen molar-refractivity contribution in [2.45, 2.75) is 161 Å². The van der Waals surface area contributed by atoms with E-state index in [4.69, 9.17) is 9.05 Å². The molecule has 0 saturated heterocycles. The summed E-state index contributed by atoms with van der Waals surface area (Å²) in [4.78, 5) is 24.9. The molecule has 3 unspecified atom stereocenters. The van der Waals surface area contributed by atoms with Gasteiger partial charge in [-0.2, -0.15) is 0 Å². The number of phosphoric acid groups is 1. The highest BCUT2D eigenvalue weighted by Gasteiger charge is 2.24. The first-order valence-electron chi connectivity index (χ1n) is 18.8. The predicted octanol–water partition coefficient (Wildman–Crippen LogP) is 8.94. The molecular weight excluding hydrogens is 611 g/mol. The summed E-state index contributed by atoms with van der Waals surface area (Å²) in [6.45, 7) is 4.54. The second kappa shape index (κ2) is 30.8. The second-order valence-electron chi connectivity index (χ2n) is 13.9. The fraction of sp³-hybridized carbons (Fsp3) is 0.816. The van der Waals surface area contributed by atoms with E-state index in [1.807, 2.05) is 21.1 Å². The maximum Gasteiger partial charge on any atom is 0.268 e. The summed E-state index contributed by atoms with van der Waals surface area (Å²) in [5.74, 6) is -0.189. The van der Waals surface area contributed by atoms with Crippen LogP contribution in [0, 0.1) is 0 Å². The predicted molar refractivity (Wildman–Crippen MR) is 196 cm³/mol. The van der Waals surface area contributed by atoms with Crippen molar-refractivity contribution in [1.82, 2.24) is 5.32 Å². The number of carbonyl (C=O) groups excluding carboxylic acids is 1. The third-order valence-corrected chi connectivity index (χ3v) is 9.10. The van der Waals surface area contributed by atoms with Gasteiger partial charge in [-0.1, -0.05) is 127 Å². The number of allylic oxidation sites excluding steroid dienone is 6. The van der Waals surface area contributed by atoms with Gasteiger partial charge in [-0.25, -0.2) is 0 Å².